The van der Waals surface area contributed by atoms with Crippen LogP contribution < -0.4 is 4.74 Å². The van der Waals surface area contributed by atoms with Gasteiger partial charge in [0.2, 0.25) is 0 Å². The molecule has 1 aromatic carbocycles. The molecule has 0 aliphatic rings. The molecule has 0 aliphatic heterocycles. The Balaban J connectivity index is 2.60. The van der Waals surface area contributed by atoms with Crippen molar-refractivity contribution in [2.24, 2.45) is 5.41 Å². The lowest BCUT2D eigenvalue weighted by Crippen LogP contribution is -2.20. The first-order chi connectivity index (χ1) is 8.80. The lowest BCUT2D eigenvalue weighted by Gasteiger charge is -2.17. The summed E-state index contributed by atoms with van der Waals surface area (Å²) in [6.45, 7) is 9.76. The average Bonchev–Trinajstić information content (AvgIpc) is 2.70. The quantitative estimate of drug-likeness (QED) is 0.840. The number of benzene rings is 1. The Bertz CT molecular complexity index is 603. The van der Waals surface area contributed by atoms with Crippen molar-refractivity contribution in [3.63, 3.8) is 0 Å². The summed E-state index contributed by atoms with van der Waals surface area (Å²) in [4.78, 5) is 15.7. The summed E-state index contributed by atoms with van der Waals surface area (Å²) >= 11 is 0. The van der Waals surface area contributed by atoms with Crippen molar-refractivity contribution in [3.05, 3.63) is 30.0 Å². The minimum atomic E-state index is -0.403. The highest BCUT2D eigenvalue weighted by Crippen LogP contribution is 2.33. The van der Waals surface area contributed by atoms with E-state index in [0.29, 0.717) is 5.56 Å². The zero-order chi connectivity index (χ0) is 14.2. The summed E-state index contributed by atoms with van der Waals surface area (Å²) in [6.07, 6.45) is 1.86. The van der Waals surface area contributed by atoms with E-state index in [2.05, 4.69) is 4.98 Å². The lowest BCUT2D eigenvalue weighted by molar-refractivity contribution is 0.0860. The van der Waals surface area contributed by atoms with Gasteiger partial charge in [0.05, 0.1) is 11.5 Å². The average molecular weight is 259 g/mol. The number of nitrogens with one attached hydrogen (secondary N) is 1. The van der Waals surface area contributed by atoms with E-state index in [1.807, 2.05) is 52.8 Å². The summed E-state index contributed by atoms with van der Waals surface area (Å²) in [7, 11) is 0. The van der Waals surface area contributed by atoms with Crippen molar-refractivity contribution in [1.29, 1.82) is 0 Å². The minimum Gasteiger partial charge on any atom is -0.490 e. The summed E-state index contributed by atoms with van der Waals surface area (Å²) in [5, 5.41) is 0.885. The van der Waals surface area contributed by atoms with Crippen LogP contribution in [0.2, 0.25) is 0 Å². The highest BCUT2D eigenvalue weighted by molar-refractivity contribution is 6.11. The number of hydrogen-bond acceptors (Lipinski definition) is 2. The number of fused-ring (bicyclic) bond motifs is 1. The number of aromatic amines is 1. The summed E-state index contributed by atoms with van der Waals surface area (Å²) in [6, 6.07) is 5.81. The maximum atomic E-state index is 12.5. The van der Waals surface area contributed by atoms with Gasteiger partial charge in [0, 0.05) is 22.7 Å². The van der Waals surface area contributed by atoms with E-state index in [-0.39, 0.29) is 11.9 Å². The molecule has 3 heteroatoms. The van der Waals surface area contributed by atoms with Crippen molar-refractivity contribution >= 4 is 16.7 Å². The second-order valence-electron chi connectivity index (χ2n) is 6.13. The van der Waals surface area contributed by atoms with Crippen LogP contribution in [0, 0.1) is 5.41 Å². The number of rotatable bonds is 3. The van der Waals surface area contributed by atoms with E-state index >= 15 is 0 Å². The van der Waals surface area contributed by atoms with Crippen molar-refractivity contribution < 1.29 is 9.53 Å². The first-order valence-corrected chi connectivity index (χ1v) is 6.62. The van der Waals surface area contributed by atoms with Crippen LogP contribution in [0.25, 0.3) is 10.9 Å². The van der Waals surface area contributed by atoms with E-state index in [1.54, 1.807) is 6.20 Å². The molecule has 3 nitrogen and oxygen atoms in total. The fourth-order valence-electron chi connectivity index (χ4n) is 2.09. The topological polar surface area (TPSA) is 42.1 Å². The fourth-order valence-corrected chi connectivity index (χ4v) is 2.09. The Kier molecular flexibility index (Phi) is 3.40. The molecule has 102 valence electrons. The Hall–Kier alpha value is -1.77. The number of ketones is 1. The van der Waals surface area contributed by atoms with Crippen molar-refractivity contribution in [3.8, 4) is 5.75 Å². The van der Waals surface area contributed by atoms with Crippen LogP contribution in [0.4, 0.5) is 0 Å². The summed E-state index contributed by atoms with van der Waals surface area (Å²) in [5.74, 6) is 0.889. The number of ether oxygens (including phenoxy) is 1. The molecular formula is C16H21NO2. The predicted octanol–water partition coefficient (Wildman–Crippen LogP) is 4.18. The normalized spacial score (nSPS) is 12.1. The molecule has 0 unspecified atom stereocenters. The number of H-pyrrole nitrogens is 1. The molecule has 2 aromatic rings. The Morgan fingerprint density at radius 1 is 1.26 bits per heavy atom. The van der Waals surface area contributed by atoms with E-state index in [0.717, 1.165) is 16.7 Å². The van der Waals surface area contributed by atoms with Gasteiger partial charge in [-0.3, -0.25) is 4.79 Å². The van der Waals surface area contributed by atoms with Gasteiger partial charge in [-0.15, -0.1) is 0 Å². The highest BCUT2D eigenvalue weighted by Gasteiger charge is 2.26. The van der Waals surface area contributed by atoms with Gasteiger partial charge in [-0.2, -0.15) is 0 Å². The SMILES string of the molecule is CC(C)Oc1cccc2[nH]cc(C(=O)C(C)(C)C)c12. The smallest absolute Gasteiger partial charge is 0.170 e. The van der Waals surface area contributed by atoms with Crippen LogP contribution >= 0.6 is 0 Å². The first kappa shape index (κ1) is 13.7. The van der Waals surface area contributed by atoms with Gasteiger partial charge in [0.1, 0.15) is 5.75 Å². The van der Waals surface area contributed by atoms with Gasteiger partial charge >= 0.3 is 0 Å². The van der Waals surface area contributed by atoms with Gasteiger partial charge in [0.25, 0.3) is 0 Å². The van der Waals surface area contributed by atoms with E-state index < -0.39 is 5.41 Å². The zero-order valence-corrected chi connectivity index (χ0v) is 12.2. The third-order valence-corrected chi connectivity index (χ3v) is 2.96. The third kappa shape index (κ3) is 2.65. The zero-order valence-electron chi connectivity index (χ0n) is 12.2. The largest absolute Gasteiger partial charge is 0.490 e. The van der Waals surface area contributed by atoms with Crippen LogP contribution in [-0.4, -0.2) is 16.9 Å². The van der Waals surface area contributed by atoms with Crippen LogP contribution in [0.5, 0.6) is 5.75 Å². The molecule has 0 saturated heterocycles. The fraction of sp³-hybridized carbons (Fsp3) is 0.438. The van der Waals surface area contributed by atoms with E-state index in [1.165, 1.54) is 0 Å². The maximum absolute atomic E-state index is 12.5. The summed E-state index contributed by atoms with van der Waals surface area (Å²) < 4.78 is 5.82. The predicted molar refractivity (Wildman–Crippen MR) is 77.8 cm³/mol. The highest BCUT2D eigenvalue weighted by atomic mass is 16.5. The molecule has 0 atom stereocenters. The molecule has 19 heavy (non-hydrogen) atoms. The number of aromatic nitrogens is 1. The Morgan fingerprint density at radius 2 is 1.95 bits per heavy atom. The Labute approximate surface area is 114 Å². The van der Waals surface area contributed by atoms with Crippen molar-refractivity contribution in [2.75, 3.05) is 0 Å². The van der Waals surface area contributed by atoms with E-state index in [9.17, 15) is 4.79 Å². The number of hydrogen-bond donors (Lipinski definition) is 1. The number of carbonyl (C=O) groups is 1. The first-order valence-electron chi connectivity index (χ1n) is 6.62. The number of Topliss-reactive ketones (excluding diaryl/α,β-unsaturated/α-hetero) is 1. The van der Waals surface area contributed by atoms with Gasteiger partial charge in [0.15, 0.2) is 5.78 Å². The van der Waals surface area contributed by atoms with Gasteiger partial charge in [-0.1, -0.05) is 26.8 Å². The molecule has 0 bridgehead atoms. The molecule has 0 radical (unpaired) electrons. The van der Waals surface area contributed by atoms with Crippen molar-refractivity contribution in [2.45, 2.75) is 40.7 Å². The van der Waals surface area contributed by atoms with E-state index in [4.69, 9.17) is 4.74 Å². The van der Waals surface area contributed by atoms with Crippen LogP contribution in [0.3, 0.4) is 0 Å². The molecule has 0 aliphatic carbocycles. The van der Waals surface area contributed by atoms with Crippen LogP contribution in [0.1, 0.15) is 45.0 Å². The molecule has 0 fully saturated rings. The van der Waals surface area contributed by atoms with Gasteiger partial charge in [-0.25, -0.2) is 0 Å². The standard InChI is InChI=1S/C16H21NO2/c1-10(2)19-13-8-6-7-12-14(13)11(9-17-12)15(18)16(3,4)5/h6-10,17H,1-5H3. The number of carbonyl (C=O) groups excluding carboxylic acids is 1. The molecule has 0 spiro atoms. The molecule has 2 rings (SSSR count). The van der Waals surface area contributed by atoms with Crippen LogP contribution in [0.15, 0.2) is 24.4 Å². The lowest BCUT2D eigenvalue weighted by atomic mass is 9.86. The van der Waals surface area contributed by atoms with Gasteiger partial charge < -0.3 is 9.72 Å². The molecule has 1 heterocycles. The molecule has 1 aromatic heterocycles. The maximum Gasteiger partial charge on any atom is 0.170 e. The Morgan fingerprint density at radius 3 is 2.53 bits per heavy atom. The van der Waals surface area contributed by atoms with Crippen LogP contribution in [-0.2, 0) is 0 Å². The molecular weight excluding hydrogens is 238 g/mol. The molecule has 1 N–H and O–H groups in total. The second kappa shape index (κ2) is 4.72. The monoisotopic (exact) mass is 259 g/mol. The van der Waals surface area contributed by atoms with Gasteiger partial charge in [-0.05, 0) is 26.0 Å². The minimum absolute atomic E-state index is 0.0816. The third-order valence-electron chi connectivity index (χ3n) is 2.96. The molecule has 0 amide bonds. The summed E-state index contributed by atoms with van der Waals surface area (Å²) in [5.41, 5.74) is 1.24. The van der Waals surface area contributed by atoms with Crippen molar-refractivity contribution in [1.82, 2.24) is 4.98 Å². The molecule has 0 saturated carbocycles. The second-order valence-corrected chi connectivity index (χ2v) is 6.13.